The van der Waals surface area contributed by atoms with Crippen LogP contribution in [0.3, 0.4) is 0 Å². The minimum absolute atomic E-state index is 0.0745. The fourth-order valence-electron chi connectivity index (χ4n) is 2.09. The average molecular weight is 298 g/mol. The molecule has 0 saturated carbocycles. The number of hydrogen-bond acceptors (Lipinski definition) is 5. The van der Waals surface area contributed by atoms with Crippen molar-refractivity contribution < 1.29 is 14.6 Å². The molecule has 0 atom stereocenters. The molecule has 22 heavy (non-hydrogen) atoms. The minimum atomic E-state index is -0.641. The maximum absolute atomic E-state index is 12.3. The molecule has 0 aliphatic rings. The molecule has 0 unspecified atom stereocenters. The number of benzene rings is 1. The van der Waals surface area contributed by atoms with E-state index in [0.29, 0.717) is 5.75 Å². The first kappa shape index (κ1) is 15.3. The summed E-state index contributed by atoms with van der Waals surface area (Å²) in [5.41, 5.74) is -0.722. The largest absolute Gasteiger partial charge is 0.494 e. The number of para-hydroxylation sites is 1. The number of rotatable bonds is 4. The van der Waals surface area contributed by atoms with E-state index in [0.717, 1.165) is 4.57 Å². The maximum atomic E-state index is 12.3. The van der Waals surface area contributed by atoms with Crippen LogP contribution in [0.2, 0.25) is 0 Å². The molecule has 2 rings (SSSR count). The van der Waals surface area contributed by atoms with E-state index in [1.54, 1.807) is 30.3 Å². The van der Waals surface area contributed by atoms with Gasteiger partial charge in [0.05, 0.1) is 5.56 Å². The van der Waals surface area contributed by atoms with Crippen LogP contribution < -0.4 is 10.3 Å². The molecule has 2 aromatic rings. The summed E-state index contributed by atoms with van der Waals surface area (Å²) in [7, 11) is 1.30. The van der Waals surface area contributed by atoms with E-state index in [1.165, 1.54) is 14.0 Å². The predicted molar refractivity (Wildman–Crippen MR) is 79.1 cm³/mol. The zero-order valence-corrected chi connectivity index (χ0v) is 12.2. The summed E-state index contributed by atoms with van der Waals surface area (Å²) in [5, 5.41) is 19.1. The van der Waals surface area contributed by atoms with Crippen molar-refractivity contribution in [3.63, 3.8) is 0 Å². The van der Waals surface area contributed by atoms with Crippen LogP contribution in [0.25, 0.3) is 0 Å². The maximum Gasteiger partial charge on any atom is 0.271 e. The summed E-state index contributed by atoms with van der Waals surface area (Å²) in [6, 6.07) is 10.5. The molecule has 0 aliphatic heterocycles. The van der Waals surface area contributed by atoms with Crippen LogP contribution in [0.15, 0.2) is 35.1 Å². The van der Waals surface area contributed by atoms with Crippen molar-refractivity contribution in [2.24, 2.45) is 7.05 Å². The van der Waals surface area contributed by atoms with Gasteiger partial charge in [0.25, 0.3) is 5.56 Å². The van der Waals surface area contributed by atoms with Gasteiger partial charge in [-0.1, -0.05) is 18.2 Å². The first-order chi connectivity index (χ1) is 10.5. The van der Waals surface area contributed by atoms with Crippen LogP contribution >= 0.6 is 0 Å². The number of pyridine rings is 1. The average Bonchev–Trinajstić information content (AvgIpc) is 2.52. The van der Waals surface area contributed by atoms with Gasteiger partial charge in [-0.05, 0) is 24.6 Å². The lowest BCUT2D eigenvalue weighted by atomic mass is 10.0. The number of carbonyl (C=O) groups excluding carboxylic acids is 1. The molecule has 1 aromatic carbocycles. The van der Waals surface area contributed by atoms with Crippen molar-refractivity contribution in [3.05, 3.63) is 57.4 Å². The number of aromatic hydroxyl groups is 1. The summed E-state index contributed by atoms with van der Waals surface area (Å²) in [6.45, 7) is 1.15. The number of nitriles is 1. The second-order valence-electron chi connectivity index (χ2n) is 4.70. The predicted octanol–water partition coefficient (Wildman–Crippen LogP) is 1.53. The second kappa shape index (κ2) is 6.14. The highest BCUT2D eigenvalue weighted by atomic mass is 16.5. The van der Waals surface area contributed by atoms with Crippen LogP contribution in [-0.2, 0) is 7.05 Å². The van der Waals surface area contributed by atoms with Gasteiger partial charge in [0.2, 0.25) is 11.7 Å². The number of ketones is 1. The van der Waals surface area contributed by atoms with Gasteiger partial charge in [0.15, 0.2) is 6.61 Å². The van der Waals surface area contributed by atoms with E-state index < -0.39 is 17.2 Å². The third kappa shape index (κ3) is 2.69. The van der Waals surface area contributed by atoms with Gasteiger partial charge < -0.3 is 9.84 Å². The number of carbonyl (C=O) groups is 1. The molecule has 0 bridgehead atoms. The number of aromatic nitrogens is 1. The Morgan fingerprint density at radius 3 is 2.59 bits per heavy atom. The summed E-state index contributed by atoms with van der Waals surface area (Å²) in [6.07, 6.45) is 0. The molecular formula is C16H14N2O4. The lowest BCUT2D eigenvalue weighted by Crippen LogP contribution is -2.25. The first-order valence-corrected chi connectivity index (χ1v) is 6.51. The summed E-state index contributed by atoms with van der Waals surface area (Å²) >= 11 is 0. The standard InChI is InChI=1S/C16H14N2O4/c1-10-12(8-17)15(20)18(2)16(21)14(10)13(19)9-22-11-6-4-3-5-7-11/h3-7,21H,9H2,1-2H3. The summed E-state index contributed by atoms with van der Waals surface area (Å²) in [5.74, 6) is -0.465. The SMILES string of the molecule is Cc1c(C(=O)COc2ccccc2)c(O)n(C)c(=O)c1C#N. The third-order valence-electron chi connectivity index (χ3n) is 3.31. The Hall–Kier alpha value is -3.07. The van der Waals surface area contributed by atoms with Crippen molar-refractivity contribution in [2.75, 3.05) is 6.61 Å². The third-order valence-corrected chi connectivity index (χ3v) is 3.31. The molecule has 6 heteroatoms. The minimum Gasteiger partial charge on any atom is -0.494 e. The van der Waals surface area contributed by atoms with Crippen molar-refractivity contribution in [1.82, 2.24) is 4.57 Å². The van der Waals surface area contributed by atoms with Gasteiger partial charge >= 0.3 is 0 Å². The molecule has 0 saturated heterocycles. The lowest BCUT2D eigenvalue weighted by Gasteiger charge is -2.12. The molecule has 0 fully saturated rings. The Morgan fingerprint density at radius 1 is 1.36 bits per heavy atom. The van der Waals surface area contributed by atoms with Gasteiger partial charge in [-0.15, -0.1) is 0 Å². The Labute approximate surface area is 126 Å². The summed E-state index contributed by atoms with van der Waals surface area (Å²) in [4.78, 5) is 24.1. The highest BCUT2D eigenvalue weighted by molar-refractivity contribution is 6.01. The van der Waals surface area contributed by atoms with Gasteiger partial charge in [-0.25, -0.2) is 0 Å². The molecule has 0 radical (unpaired) electrons. The van der Waals surface area contributed by atoms with Crippen LogP contribution in [0.4, 0.5) is 0 Å². The highest BCUT2D eigenvalue weighted by Crippen LogP contribution is 2.21. The quantitative estimate of drug-likeness (QED) is 0.864. The normalized spacial score (nSPS) is 10.0. The first-order valence-electron chi connectivity index (χ1n) is 6.51. The Morgan fingerprint density at radius 2 is 2.00 bits per heavy atom. The lowest BCUT2D eigenvalue weighted by molar-refractivity contribution is 0.0916. The fraction of sp³-hybridized carbons (Fsp3) is 0.188. The molecule has 1 heterocycles. The highest BCUT2D eigenvalue weighted by Gasteiger charge is 2.22. The number of hydrogen-bond donors (Lipinski definition) is 1. The Kier molecular flexibility index (Phi) is 4.28. The Bertz CT molecular complexity index is 817. The molecular weight excluding hydrogens is 284 g/mol. The van der Waals surface area contributed by atoms with E-state index in [4.69, 9.17) is 10.00 Å². The van der Waals surface area contributed by atoms with Gasteiger partial charge in [0, 0.05) is 7.05 Å². The van der Waals surface area contributed by atoms with E-state index in [1.807, 2.05) is 6.07 Å². The van der Waals surface area contributed by atoms with E-state index in [-0.39, 0.29) is 23.3 Å². The summed E-state index contributed by atoms with van der Waals surface area (Å²) < 4.78 is 6.22. The zero-order chi connectivity index (χ0) is 16.3. The van der Waals surface area contributed by atoms with Crippen LogP contribution in [-0.4, -0.2) is 22.1 Å². The van der Waals surface area contributed by atoms with E-state index in [9.17, 15) is 14.7 Å². The van der Waals surface area contributed by atoms with E-state index >= 15 is 0 Å². The zero-order valence-electron chi connectivity index (χ0n) is 12.2. The van der Waals surface area contributed by atoms with Gasteiger partial charge in [0.1, 0.15) is 17.4 Å². The van der Waals surface area contributed by atoms with Crippen LogP contribution in [0.5, 0.6) is 11.6 Å². The van der Waals surface area contributed by atoms with E-state index in [2.05, 4.69) is 0 Å². The van der Waals surface area contributed by atoms with Crippen molar-refractivity contribution in [1.29, 1.82) is 5.26 Å². The van der Waals surface area contributed by atoms with Crippen molar-refractivity contribution in [2.45, 2.75) is 6.92 Å². The molecule has 0 amide bonds. The molecule has 112 valence electrons. The van der Waals surface area contributed by atoms with Crippen molar-refractivity contribution >= 4 is 5.78 Å². The van der Waals surface area contributed by atoms with Crippen molar-refractivity contribution in [3.8, 4) is 17.7 Å². The molecule has 1 N–H and O–H groups in total. The molecule has 0 aliphatic carbocycles. The van der Waals surface area contributed by atoms with Crippen LogP contribution in [0.1, 0.15) is 21.5 Å². The molecule has 1 aromatic heterocycles. The second-order valence-corrected chi connectivity index (χ2v) is 4.70. The Balaban J connectivity index is 2.36. The number of nitrogens with zero attached hydrogens (tertiary/aromatic N) is 2. The van der Waals surface area contributed by atoms with Gasteiger partial charge in [-0.3, -0.25) is 14.2 Å². The topological polar surface area (TPSA) is 92.3 Å². The number of Topliss-reactive ketones (excluding diaryl/α,β-unsaturated/α-hetero) is 1. The fourth-order valence-corrected chi connectivity index (χ4v) is 2.09. The monoisotopic (exact) mass is 298 g/mol. The molecule has 6 nitrogen and oxygen atoms in total. The number of ether oxygens (including phenoxy) is 1. The molecule has 0 spiro atoms. The van der Waals surface area contributed by atoms with Gasteiger partial charge in [-0.2, -0.15) is 5.26 Å². The van der Waals surface area contributed by atoms with Crippen LogP contribution in [0, 0.1) is 18.3 Å². The smallest absolute Gasteiger partial charge is 0.271 e.